The average molecular weight is 225 g/mol. The molecular weight excluding hydrogens is 213 g/mol. The third-order valence-corrected chi connectivity index (χ3v) is 3.71. The molecule has 8 heavy (non-hydrogen) atoms. The van der Waals surface area contributed by atoms with Gasteiger partial charge in [-0.1, -0.05) is 29.5 Å². The minimum Gasteiger partial charge on any atom is -0.327 e. The molecule has 1 saturated carbocycles. The van der Waals surface area contributed by atoms with Crippen LogP contribution in [0.5, 0.6) is 0 Å². The number of alkyl halides is 1. The molecule has 0 aromatic carbocycles. The summed E-state index contributed by atoms with van der Waals surface area (Å²) >= 11 is 2.49. The molecule has 1 aliphatic rings. The van der Waals surface area contributed by atoms with Crippen molar-refractivity contribution in [3.8, 4) is 0 Å². The van der Waals surface area contributed by atoms with Gasteiger partial charge < -0.3 is 5.73 Å². The number of hydrogen-bond donors (Lipinski definition) is 1. The maximum atomic E-state index is 5.80. The van der Waals surface area contributed by atoms with E-state index in [-0.39, 0.29) is 0 Å². The molecule has 1 fully saturated rings. The van der Waals surface area contributed by atoms with Gasteiger partial charge in [0.25, 0.3) is 0 Å². The Kier molecular flexibility index (Phi) is 1.82. The number of hydrogen-bond acceptors (Lipinski definition) is 1. The van der Waals surface area contributed by atoms with Crippen molar-refractivity contribution in [2.24, 2.45) is 5.73 Å². The van der Waals surface area contributed by atoms with Crippen LogP contribution in [-0.4, -0.2) is 9.46 Å². The molecule has 1 nitrogen and oxygen atoms in total. The zero-order valence-electron chi connectivity index (χ0n) is 5.15. The molecule has 1 aliphatic carbocycles. The van der Waals surface area contributed by atoms with E-state index in [1.807, 2.05) is 0 Å². The van der Waals surface area contributed by atoms with Crippen molar-refractivity contribution < 1.29 is 0 Å². The van der Waals surface area contributed by atoms with E-state index in [4.69, 9.17) is 5.73 Å². The highest BCUT2D eigenvalue weighted by Gasteiger charge is 2.44. The van der Waals surface area contributed by atoms with E-state index >= 15 is 0 Å². The van der Waals surface area contributed by atoms with Crippen LogP contribution in [0.15, 0.2) is 0 Å². The molecule has 0 radical (unpaired) electrons. The molecule has 0 bridgehead atoms. The first-order chi connectivity index (χ1) is 3.69. The van der Waals surface area contributed by atoms with Gasteiger partial charge in [-0.15, -0.1) is 0 Å². The molecule has 0 amide bonds. The van der Waals surface area contributed by atoms with E-state index in [2.05, 4.69) is 29.5 Å². The summed E-state index contributed by atoms with van der Waals surface area (Å²) < 4.78 is 0.506. The highest BCUT2D eigenvalue weighted by atomic mass is 127. The highest BCUT2D eigenvalue weighted by Crippen LogP contribution is 2.47. The van der Waals surface area contributed by atoms with Crippen molar-refractivity contribution in [2.45, 2.75) is 35.6 Å². The lowest BCUT2D eigenvalue weighted by Gasteiger charge is -2.13. The van der Waals surface area contributed by atoms with Crippen LogP contribution in [0.1, 0.15) is 26.2 Å². The Morgan fingerprint density at radius 3 is 2.38 bits per heavy atom. The predicted octanol–water partition coefficient (Wildman–Crippen LogP) is 1.69. The lowest BCUT2D eigenvalue weighted by molar-refractivity contribution is 0.627. The Balaban J connectivity index is 2.34. The molecule has 0 aromatic rings. The second kappa shape index (κ2) is 2.14. The van der Waals surface area contributed by atoms with Crippen LogP contribution in [-0.2, 0) is 0 Å². The summed E-state index contributed by atoms with van der Waals surface area (Å²) in [6, 6.07) is 0.447. The van der Waals surface area contributed by atoms with Crippen molar-refractivity contribution in [2.75, 3.05) is 0 Å². The van der Waals surface area contributed by atoms with Crippen molar-refractivity contribution in [1.82, 2.24) is 0 Å². The van der Waals surface area contributed by atoms with Crippen LogP contribution < -0.4 is 5.73 Å². The van der Waals surface area contributed by atoms with Crippen molar-refractivity contribution in [3.63, 3.8) is 0 Å². The van der Waals surface area contributed by atoms with Crippen LogP contribution in [0.3, 0.4) is 0 Å². The van der Waals surface area contributed by atoms with E-state index in [0.29, 0.717) is 9.46 Å². The van der Waals surface area contributed by atoms with Crippen LogP contribution >= 0.6 is 22.6 Å². The quantitative estimate of drug-likeness (QED) is 0.561. The molecular formula is C6H12IN. The Labute approximate surface area is 64.2 Å². The minimum atomic E-state index is 0.447. The van der Waals surface area contributed by atoms with Gasteiger partial charge in [-0.05, 0) is 19.3 Å². The van der Waals surface area contributed by atoms with E-state index in [9.17, 15) is 0 Å². The molecule has 0 heterocycles. The first-order valence-electron chi connectivity index (χ1n) is 3.13. The largest absolute Gasteiger partial charge is 0.327 e. The zero-order valence-corrected chi connectivity index (χ0v) is 7.31. The zero-order chi connectivity index (χ0) is 6.20. The van der Waals surface area contributed by atoms with Gasteiger partial charge in [0, 0.05) is 9.46 Å². The highest BCUT2D eigenvalue weighted by molar-refractivity contribution is 14.1. The Morgan fingerprint density at radius 2 is 2.25 bits per heavy atom. The molecule has 0 aromatic heterocycles. The maximum absolute atomic E-state index is 5.80. The summed E-state index contributed by atoms with van der Waals surface area (Å²) in [4.78, 5) is 0. The SMILES string of the molecule is CCC(N)C1(I)CC1. The second-order valence-electron chi connectivity index (χ2n) is 2.55. The van der Waals surface area contributed by atoms with Gasteiger partial charge in [0.2, 0.25) is 0 Å². The van der Waals surface area contributed by atoms with Gasteiger partial charge >= 0.3 is 0 Å². The predicted molar refractivity (Wildman–Crippen MR) is 44.3 cm³/mol. The first kappa shape index (κ1) is 6.81. The Hall–Kier alpha value is 0.690. The average Bonchev–Trinajstić information content (AvgIpc) is 2.47. The standard InChI is InChI=1S/C6H12IN/c1-2-5(8)6(7)3-4-6/h5H,2-4,8H2,1H3. The topological polar surface area (TPSA) is 26.0 Å². The van der Waals surface area contributed by atoms with Gasteiger partial charge in [0.1, 0.15) is 0 Å². The van der Waals surface area contributed by atoms with Crippen molar-refractivity contribution >= 4 is 22.6 Å². The van der Waals surface area contributed by atoms with Gasteiger partial charge in [0.05, 0.1) is 0 Å². The Bertz CT molecular complexity index is 88.5. The summed E-state index contributed by atoms with van der Waals surface area (Å²) in [7, 11) is 0. The lowest BCUT2D eigenvalue weighted by atomic mass is 10.1. The molecule has 2 heteroatoms. The Morgan fingerprint density at radius 1 is 1.75 bits per heavy atom. The number of halogens is 1. The molecule has 0 aliphatic heterocycles. The number of rotatable bonds is 2. The lowest BCUT2D eigenvalue weighted by Crippen LogP contribution is -2.30. The fraction of sp³-hybridized carbons (Fsp3) is 1.00. The first-order valence-corrected chi connectivity index (χ1v) is 4.21. The third kappa shape index (κ3) is 1.16. The molecule has 0 spiro atoms. The van der Waals surface area contributed by atoms with Crippen LogP contribution in [0.25, 0.3) is 0 Å². The molecule has 48 valence electrons. The normalized spacial score (nSPS) is 27.4. The van der Waals surface area contributed by atoms with E-state index < -0.39 is 0 Å². The number of nitrogens with two attached hydrogens (primary N) is 1. The van der Waals surface area contributed by atoms with Crippen LogP contribution in [0, 0.1) is 0 Å². The maximum Gasteiger partial charge on any atom is 0.0374 e. The fourth-order valence-electron chi connectivity index (χ4n) is 0.856. The van der Waals surface area contributed by atoms with E-state index in [0.717, 1.165) is 6.42 Å². The summed E-state index contributed by atoms with van der Waals surface area (Å²) in [5, 5.41) is 0. The summed E-state index contributed by atoms with van der Waals surface area (Å²) in [6.07, 6.45) is 3.80. The van der Waals surface area contributed by atoms with E-state index in [1.165, 1.54) is 12.8 Å². The van der Waals surface area contributed by atoms with Crippen LogP contribution in [0.2, 0.25) is 0 Å². The second-order valence-corrected chi connectivity index (χ2v) is 4.70. The van der Waals surface area contributed by atoms with Gasteiger partial charge in [-0.2, -0.15) is 0 Å². The molecule has 2 N–H and O–H groups in total. The monoisotopic (exact) mass is 225 g/mol. The minimum absolute atomic E-state index is 0.447. The molecule has 1 atom stereocenters. The van der Waals surface area contributed by atoms with E-state index in [1.54, 1.807) is 0 Å². The van der Waals surface area contributed by atoms with Gasteiger partial charge in [-0.25, -0.2) is 0 Å². The van der Waals surface area contributed by atoms with Crippen LogP contribution in [0.4, 0.5) is 0 Å². The van der Waals surface area contributed by atoms with Gasteiger partial charge in [0.15, 0.2) is 0 Å². The molecule has 1 rings (SSSR count). The smallest absolute Gasteiger partial charge is 0.0374 e. The molecule has 1 unspecified atom stereocenters. The summed E-state index contributed by atoms with van der Waals surface area (Å²) in [6.45, 7) is 2.16. The summed E-state index contributed by atoms with van der Waals surface area (Å²) in [5.41, 5.74) is 5.80. The summed E-state index contributed by atoms with van der Waals surface area (Å²) in [5.74, 6) is 0. The fourth-order valence-corrected chi connectivity index (χ4v) is 1.57. The van der Waals surface area contributed by atoms with Crippen molar-refractivity contribution in [1.29, 1.82) is 0 Å². The molecule has 0 saturated heterocycles. The van der Waals surface area contributed by atoms with Gasteiger partial charge in [-0.3, -0.25) is 0 Å². The third-order valence-electron chi connectivity index (χ3n) is 1.83. The van der Waals surface area contributed by atoms with Crippen molar-refractivity contribution in [3.05, 3.63) is 0 Å².